The first-order valence-electron chi connectivity index (χ1n) is 8.45. The Morgan fingerprint density at radius 1 is 1.12 bits per heavy atom. The molecule has 5 heteroatoms. The second-order valence-electron chi connectivity index (χ2n) is 5.85. The standard InChI is InChI=1S/C20H21N3OS/c1-2-8-18(15-9-4-3-5-10-15)22-19(24)14-25-20-17-12-7-6-11-16(17)13-21-23-20/h3-7,9-13,18H,2,8,14H2,1H3,(H,22,24). The number of hydrogen-bond donors (Lipinski definition) is 1. The van der Waals surface area contributed by atoms with Gasteiger partial charge in [0.25, 0.3) is 0 Å². The quantitative estimate of drug-likeness (QED) is 0.642. The number of rotatable bonds is 7. The predicted molar refractivity (Wildman–Crippen MR) is 102 cm³/mol. The Morgan fingerprint density at radius 2 is 1.88 bits per heavy atom. The van der Waals surface area contributed by atoms with Crippen LogP contribution in [0, 0.1) is 0 Å². The number of benzene rings is 2. The van der Waals surface area contributed by atoms with Gasteiger partial charge in [-0.3, -0.25) is 4.79 Å². The van der Waals surface area contributed by atoms with Crippen molar-refractivity contribution in [1.82, 2.24) is 15.5 Å². The van der Waals surface area contributed by atoms with E-state index >= 15 is 0 Å². The Balaban J connectivity index is 1.65. The molecule has 0 aliphatic heterocycles. The molecule has 4 nitrogen and oxygen atoms in total. The molecule has 0 aliphatic rings. The minimum absolute atomic E-state index is 0.0158. The third-order valence-electron chi connectivity index (χ3n) is 3.99. The maximum absolute atomic E-state index is 12.4. The normalized spacial score (nSPS) is 12.0. The predicted octanol–water partition coefficient (Wildman–Crippen LogP) is 4.38. The maximum atomic E-state index is 12.4. The van der Waals surface area contributed by atoms with Crippen LogP contribution in [0.2, 0.25) is 0 Å². The van der Waals surface area contributed by atoms with Crippen LogP contribution in [0.25, 0.3) is 10.8 Å². The summed E-state index contributed by atoms with van der Waals surface area (Å²) >= 11 is 1.43. The number of fused-ring (bicyclic) bond motifs is 1. The minimum Gasteiger partial charge on any atom is -0.349 e. The number of carbonyl (C=O) groups excluding carboxylic acids is 1. The van der Waals surface area contributed by atoms with Crippen LogP contribution in [0.3, 0.4) is 0 Å². The number of nitrogens with one attached hydrogen (secondary N) is 1. The van der Waals surface area contributed by atoms with Gasteiger partial charge in [-0.15, -0.1) is 5.10 Å². The molecule has 0 radical (unpaired) electrons. The zero-order valence-corrected chi connectivity index (χ0v) is 15.0. The Labute approximate surface area is 152 Å². The highest BCUT2D eigenvalue weighted by Gasteiger charge is 2.14. The number of aromatic nitrogens is 2. The molecule has 3 rings (SSSR count). The van der Waals surface area contributed by atoms with Crippen LogP contribution >= 0.6 is 11.8 Å². The van der Waals surface area contributed by atoms with Gasteiger partial charge in [0.1, 0.15) is 5.03 Å². The molecule has 0 spiro atoms. The lowest BCUT2D eigenvalue weighted by atomic mass is 10.0. The lowest BCUT2D eigenvalue weighted by molar-refractivity contribution is -0.119. The van der Waals surface area contributed by atoms with E-state index in [4.69, 9.17) is 0 Å². The molecule has 2 aromatic carbocycles. The number of amides is 1. The minimum atomic E-state index is 0.0158. The fourth-order valence-corrected chi connectivity index (χ4v) is 3.57. The van der Waals surface area contributed by atoms with Crippen molar-refractivity contribution < 1.29 is 4.79 Å². The average Bonchev–Trinajstić information content (AvgIpc) is 2.66. The molecule has 1 N–H and O–H groups in total. The highest BCUT2D eigenvalue weighted by Crippen LogP contribution is 2.25. The summed E-state index contributed by atoms with van der Waals surface area (Å²) in [6, 6.07) is 18.1. The van der Waals surface area contributed by atoms with Crippen LogP contribution in [-0.2, 0) is 4.79 Å². The first kappa shape index (κ1) is 17.4. The summed E-state index contributed by atoms with van der Waals surface area (Å²) in [5.74, 6) is 0.345. The van der Waals surface area contributed by atoms with Gasteiger partial charge in [0.05, 0.1) is 18.0 Å². The van der Waals surface area contributed by atoms with Crippen molar-refractivity contribution >= 4 is 28.4 Å². The Kier molecular flexibility index (Phi) is 6.01. The van der Waals surface area contributed by atoms with E-state index in [2.05, 4.69) is 34.6 Å². The Morgan fingerprint density at radius 3 is 2.68 bits per heavy atom. The lowest BCUT2D eigenvalue weighted by Gasteiger charge is -2.18. The van der Waals surface area contributed by atoms with Crippen molar-refractivity contribution in [2.75, 3.05) is 5.75 Å². The van der Waals surface area contributed by atoms with Gasteiger partial charge in [0, 0.05) is 10.8 Å². The molecule has 1 heterocycles. The smallest absolute Gasteiger partial charge is 0.230 e. The molecule has 1 unspecified atom stereocenters. The van der Waals surface area contributed by atoms with Crippen LogP contribution in [0.5, 0.6) is 0 Å². The summed E-state index contributed by atoms with van der Waals surface area (Å²) < 4.78 is 0. The summed E-state index contributed by atoms with van der Waals surface area (Å²) in [4.78, 5) is 12.4. The molecule has 0 aliphatic carbocycles. The van der Waals surface area contributed by atoms with E-state index < -0.39 is 0 Å². The fourth-order valence-electron chi connectivity index (χ4n) is 2.77. The molecular formula is C20H21N3OS. The Hall–Kier alpha value is -2.40. The van der Waals surface area contributed by atoms with E-state index in [0.29, 0.717) is 5.75 Å². The monoisotopic (exact) mass is 351 g/mol. The molecule has 25 heavy (non-hydrogen) atoms. The zero-order valence-electron chi connectivity index (χ0n) is 14.2. The topological polar surface area (TPSA) is 54.9 Å². The number of hydrogen-bond acceptors (Lipinski definition) is 4. The van der Waals surface area contributed by atoms with Gasteiger partial charge in [-0.2, -0.15) is 5.10 Å². The summed E-state index contributed by atoms with van der Waals surface area (Å²) in [7, 11) is 0. The van der Waals surface area contributed by atoms with E-state index in [0.717, 1.165) is 34.2 Å². The molecule has 1 amide bonds. The summed E-state index contributed by atoms with van der Waals surface area (Å²) in [5.41, 5.74) is 1.15. The molecular weight excluding hydrogens is 330 g/mol. The molecule has 0 saturated carbocycles. The maximum Gasteiger partial charge on any atom is 0.230 e. The second-order valence-corrected chi connectivity index (χ2v) is 6.81. The van der Waals surface area contributed by atoms with Gasteiger partial charge in [-0.1, -0.05) is 79.7 Å². The van der Waals surface area contributed by atoms with E-state index in [-0.39, 0.29) is 11.9 Å². The summed E-state index contributed by atoms with van der Waals surface area (Å²) in [6.45, 7) is 2.13. The van der Waals surface area contributed by atoms with Crippen molar-refractivity contribution in [3.63, 3.8) is 0 Å². The van der Waals surface area contributed by atoms with Crippen molar-refractivity contribution in [2.45, 2.75) is 30.8 Å². The molecule has 0 saturated heterocycles. The zero-order chi connectivity index (χ0) is 17.5. The van der Waals surface area contributed by atoms with Crippen molar-refractivity contribution in [3.8, 4) is 0 Å². The van der Waals surface area contributed by atoms with Gasteiger partial charge >= 0.3 is 0 Å². The van der Waals surface area contributed by atoms with Crippen LogP contribution in [0.15, 0.2) is 65.8 Å². The molecule has 1 aromatic heterocycles. The molecule has 1 atom stereocenters. The highest BCUT2D eigenvalue weighted by molar-refractivity contribution is 8.00. The largest absolute Gasteiger partial charge is 0.349 e. The number of nitrogens with zero attached hydrogens (tertiary/aromatic N) is 2. The van der Waals surface area contributed by atoms with Gasteiger partial charge in [0.2, 0.25) is 5.91 Å². The first-order chi connectivity index (χ1) is 12.3. The van der Waals surface area contributed by atoms with E-state index in [1.54, 1.807) is 6.20 Å². The van der Waals surface area contributed by atoms with Crippen LogP contribution in [0.1, 0.15) is 31.4 Å². The van der Waals surface area contributed by atoms with Gasteiger partial charge < -0.3 is 5.32 Å². The summed E-state index contributed by atoms with van der Waals surface area (Å²) in [5, 5.41) is 14.2. The van der Waals surface area contributed by atoms with Crippen molar-refractivity contribution in [3.05, 3.63) is 66.4 Å². The Bertz CT molecular complexity index is 833. The van der Waals surface area contributed by atoms with E-state index in [1.807, 2.05) is 42.5 Å². The van der Waals surface area contributed by atoms with Crippen LogP contribution < -0.4 is 5.32 Å². The second kappa shape index (κ2) is 8.62. The first-order valence-corrected chi connectivity index (χ1v) is 9.44. The number of thioether (sulfide) groups is 1. The van der Waals surface area contributed by atoms with Gasteiger partial charge in [-0.25, -0.2) is 0 Å². The molecule has 3 aromatic rings. The third kappa shape index (κ3) is 4.57. The molecule has 0 bridgehead atoms. The van der Waals surface area contributed by atoms with E-state index in [9.17, 15) is 4.79 Å². The van der Waals surface area contributed by atoms with E-state index in [1.165, 1.54) is 11.8 Å². The molecule has 128 valence electrons. The fraction of sp³-hybridized carbons (Fsp3) is 0.250. The third-order valence-corrected chi connectivity index (χ3v) is 4.97. The SMILES string of the molecule is CCCC(NC(=O)CSc1nncc2ccccc12)c1ccccc1. The molecule has 0 fully saturated rings. The summed E-state index contributed by atoms with van der Waals surface area (Å²) in [6.07, 6.45) is 3.68. The highest BCUT2D eigenvalue weighted by atomic mass is 32.2. The van der Waals surface area contributed by atoms with Crippen molar-refractivity contribution in [1.29, 1.82) is 0 Å². The lowest BCUT2D eigenvalue weighted by Crippen LogP contribution is -2.30. The average molecular weight is 351 g/mol. The van der Waals surface area contributed by atoms with Crippen LogP contribution in [0.4, 0.5) is 0 Å². The number of carbonyl (C=O) groups is 1. The van der Waals surface area contributed by atoms with Crippen LogP contribution in [-0.4, -0.2) is 21.9 Å². The van der Waals surface area contributed by atoms with Gasteiger partial charge in [-0.05, 0) is 12.0 Å². The van der Waals surface area contributed by atoms with Crippen molar-refractivity contribution in [2.24, 2.45) is 0 Å². The van der Waals surface area contributed by atoms with Gasteiger partial charge in [0.15, 0.2) is 0 Å².